The van der Waals surface area contributed by atoms with Gasteiger partial charge in [0, 0.05) is 89.8 Å². The van der Waals surface area contributed by atoms with E-state index in [0.717, 1.165) is 13.1 Å². The van der Waals surface area contributed by atoms with E-state index < -0.39 is 0 Å². The molecule has 0 aliphatic carbocycles. The number of anilines is 3. The highest BCUT2D eigenvalue weighted by Crippen LogP contribution is 2.62. The lowest BCUT2D eigenvalue weighted by Gasteiger charge is -2.29. The van der Waals surface area contributed by atoms with Crippen LogP contribution >= 0.6 is 0 Å². The van der Waals surface area contributed by atoms with Crippen molar-refractivity contribution in [3.63, 3.8) is 0 Å². The molecule has 1 aromatic carbocycles. The molecule has 0 fully saturated rings. The van der Waals surface area contributed by atoms with Crippen LogP contribution in [-0.4, -0.2) is 38.3 Å². The second-order valence-electron chi connectivity index (χ2n) is 9.06. The lowest BCUT2D eigenvalue weighted by molar-refractivity contribution is 0.591. The molecule has 3 aliphatic heterocycles. The van der Waals surface area contributed by atoms with Crippen LogP contribution in [0.15, 0.2) is 0 Å². The van der Waals surface area contributed by atoms with Gasteiger partial charge in [-0.1, -0.05) is 20.8 Å². The summed E-state index contributed by atoms with van der Waals surface area (Å²) < 4.78 is 0. The zero-order chi connectivity index (χ0) is 19.1. The molecular weight excluding hydrogens is 318 g/mol. The van der Waals surface area contributed by atoms with Gasteiger partial charge in [0.1, 0.15) is 0 Å². The van der Waals surface area contributed by atoms with E-state index in [1.54, 1.807) is 33.8 Å². The fraction of sp³-hybridized carbons (Fsp3) is 0.739. The molecule has 6 atom stereocenters. The van der Waals surface area contributed by atoms with Gasteiger partial charge in [-0.25, -0.2) is 0 Å². The Bertz CT molecular complexity index is 712. The molecule has 3 heterocycles. The number of hydrogen-bond acceptors (Lipinski definition) is 3. The van der Waals surface area contributed by atoms with Crippen molar-refractivity contribution in [2.24, 2.45) is 0 Å². The lowest BCUT2D eigenvalue weighted by atomic mass is 9.85. The molecule has 4 rings (SSSR count). The summed E-state index contributed by atoms with van der Waals surface area (Å²) in [6, 6.07) is 1.75. The normalized spacial score (nSPS) is 35.2. The second kappa shape index (κ2) is 5.81. The molecule has 144 valence electrons. The Balaban J connectivity index is 2.13. The average molecular weight is 356 g/mol. The predicted octanol–water partition coefficient (Wildman–Crippen LogP) is 5.29. The van der Waals surface area contributed by atoms with E-state index in [9.17, 15) is 0 Å². The van der Waals surface area contributed by atoms with E-state index in [0.29, 0.717) is 35.9 Å². The van der Waals surface area contributed by atoms with Gasteiger partial charge in [-0.15, -0.1) is 0 Å². The van der Waals surface area contributed by atoms with Gasteiger partial charge in [0.05, 0.1) is 0 Å². The summed E-state index contributed by atoms with van der Waals surface area (Å²) in [6.07, 6.45) is 0. The maximum absolute atomic E-state index is 2.70. The number of likely N-dealkylation sites (N-methyl/N-ethyl adjacent to an activating group) is 3. The highest BCUT2D eigenvalue weighted by atomic mass is 15.3. The molecule has 0 bridgehead atoms. The van der Waals surface area contributed by atoms with E-state index >= 15 is 0 Å². The molecule has 0 aromatic heterocycles. The number of benzene rings is 1. The Kier molecular flexibility index (Phi) is 4.02. The van der Waals surface area contributed by atoms with Crippen molar-refractivity contribution in [1.82, 2.24) is 0 Å². The van der Waals surface area contributed by atoms with Crippen molar-refractivity contribution < 1.29 is 0 Å². The topological polar surface area (TPSA) is 9.72 Å². The van der Waals surface area contributed by atoms with E-state index in [1.807, 2.05) is 0 Å². The summed E-state index contributed by atoms with van der Waals surface area (Å²) in [4.78, 5) is 7.98. The van der Waals surface area contributed by atoms with Gasteiger partial charge in [-0.2, -0.15) is 0 Å². The molecule has 1 aromatic rings. The van der Waals surface area contributed by atoms with Gasteiger partial charge in [0.15, 0.2) is 0 Å². The molecule has 0 saturated heterocycles. The molecule has 0 radical (unpaired) electrons. The zero-order valence-corrected chi connectivity index (χ0v) is 18.2. The van der Waals surface area contributed by atoms with E-state index in [1.165, 1.54) is 0 Å². The molecule has 0 saturated carbocycles. The van der Waals surface area contributed by atoms with Gasteiger partial charge in [-0.05, 0) is 34.6 Å². The molecule has 0 spiro atoms. The first-order valence-corrected chi connectivity index (χ1v) is 10.8. The van der Waals surface area contributed by atoms with Crippen molar-refractivity contribution in [2.45, 2.75) is 91.3 Å². The summed E-state index contributed by atoms with van der Waals surface area (Å²) >= 11 is 0. The third-order valence-electron chi connectivity index (χ3n) is 8.27. The largest absolute Gasteiger partial charge is 0.371 e. The summed E-state index contributed by atoms with van der Waals surface area (Å²) in [5, 5.41) is 0. The Morgan fingerprint density at radius 2 is 0.923 bits per heavy atom. The molecule has 3 nitrogen and oxygen atoms in total. The highest BCUT2D eigenvalue weighted by molar-refractivity contribution is 5.92. The Morgan fingerprint density at radius 3 is 1.31 bits per heavy atom. The number of rotatable bonds is 2. The summed E-state index contributed by atoms with van der Waals surface area (Å²) in [5.41, 5.74) is 9.68. The molecule has 0 N–H and O–H groups in total. The first kappa shape index (κ1) is 18.0. The van der Waals surface area contributed by atoms with E-state index in [4.69, 9.17) is 0 Å². The molecule has 0 unspecified atom stereocenters. The molecule has 0 amide bonds. The quantitative estimate of drug-likeness (QED) is 0.713. The van der Waals surface area contributed by atoms with E-state index in [-0.39, 0.29) is 0 Å². The van der Waals surface area contributed by atoms with Crippen molar-refractivity contribution in [3.05, 3.63) is 16.7 Å². The predicted molar refractivity (Wildman–Crippen MR) is 115 cm³/mol. The standard InChI is InChI=1S/C23H37N3/c1-10-25-16(7)13(4)19-21-18(12(3)15(6)24(21)9)22-20(23(19)25)14(5)17(8)26(22)11-2/h12-17H,10-11H2,1-9H3/t12-,13-,14-,15+,16+,17+/m1/s1. The first-order chi connectivity index (χ1) is 12.3. The molecular formula is C23H37N3. The minimum Gasteiger partial charge on any atom is -0.371 e. The Hall–Kier alpha value is -1.38. The minimum atomic E-state index is 0.573. The van der Waals surface area contributed by atoms with Crippen molar-refractivity contribution >= 4 is 17.1 Å². The van der Waals surface area contributed by atoms with Crippen LogP contribution < -0.4 is 14.7 Å². The number of fused-ring (bicyclic) bond motifs is 6. The smallest absolute Gasteiger partial charge is 0.0482 e. The number of hydrogen-bond donors (Lipinski definition) is 0. The summed E-state index contributed by atoms with van der Waals surface area (Å²) in [6.45, 7) is 21.5. The molecule has 26 heavy (non-hydrogen) atoms. The van der Waals surface area contributed by atoms with Gasteiger partial charge >= 0.3 is 0 Å². The van der Waals surface area contributed by atoms with Gasteiger partial charge < -0.3 is 14.7 Å². The minimum absolute atomic E-state index is 0.573. The van der Waals surface area contributed by atoms with Crippen LogP contribution in [0, 0.1) is 0 Å². The third kappa shape index (κ3) is 1.90. The van der Waals surface area contributed by atoms with Gasteiger partial charge in [0.25, 0.3) is 0 Å². The van der Waals surface area contributed by atoms with E-state index in [2.05, 4.69) is 77.1 Å². The van der Waals surface area contributed by atoms with Gasteiger partial charge in [0.2, 0.25) is 0 Å². The van der Waals surface area contributed by atoms with Crippen molar-refractivity contribution in [2.75, 3.05) is 34.8 Å². The SMILES string of the molecule is CCN1c2c3c(c4c(c2[C@H](C)[C@@H]1C)N(CC)[C@@H](C)[C@H]4C)N(C)[C@@H](C)[C@H]3C. The summed E-state index contributed by atoms with van der Waals surface area (Å²) in [5.74, 6) is 1.80. The van der Waals surface area contributed by atoms with Gasteiger partial charge in [-0.3, -0.25) is 0 Å². The second-order valence-corrected chi connectivity index (χ2v) is 9.06. The van der Waals surface area contributed by atoms with Crippen LogP contribution in [0.1, 0.15) is 89.8 Å². The average Bonchev–Trinajstić information content (AvgIpc) is 3.12. The van der Waals surface area contributed by atoms with Crippen molar-refractivity contribution in [3.8, 4) is 0 Å². The van der Waals surface area contributed by atoms with Crippen LogP contribution in [0.4, 0.5) is 17.1 Å². The molecule has 3 aliphatic rings. The lowest BCUT2D eigenvalue weighted by Crippen LogP contribution is -2.31. The fourth-order valence-corrected chi connectivity index (χ4v) is 6.17. The van der Waals surface area contributed by atoms with Crippen LogP contribution in [0.2, 0.25) is 0 Å². The first-order valence-electron chi connectivity index (χ1n) is 10.8. The fourth-order valence-electron chi connectivity index (χ4n) is 6.17. The number of nitrogens with zero attached hydrogens (tertiary/aromatic N) is 3. The third-order valence-corrected chi connectivity index (χ3v) is 8.27. The summed E-state index contributed by atoms with van der Waals surface area (Å²) in [7, 11) is 2.32. The van der Waals surface area contributed by atoms with Crippen LogP contribution in [0.5, 0.6) is 0 Å². The van der Waals surface area contributed by atoms with Crippen LogP contribution in [0.25, 0.3) is 0 Å². The van der Waals surface area contributed by atoms with Crippen LogP contribution in [0.3, 0.4) is 0 Å². The highest BCUT2D eigenvalue weighted by Gasteiger charge is 2.49. The Morgan fingerprint density at radius 1 is 0.577 bits per heavy atom. The maximum atomic E-state index is 2.70. The van der Waals surface area contributed by atoms with Crippen molar-refractivity contribution in [1.29, 1.82) is 0 Å². The maximum Gasteiger partial charge on any atom is 0.0482 e. The monoisotopic (exact) mass is 355 g/mol. The zero-order valence-electron chi connectivity index (χ0n) is 18.2. The molecule has 3 heteroatoms. The Labute approximate surface area is 160 Å². The van der Waals surface area contributed by atoms with Crippen LogP contribution in [-0.2, 0) is 0 Å².